The van der Waals surface area contributed by atoms with Gasteiger partial charge in [0.2, 0.25) is 0 Å². The van der Waals surface area contributed by atoms with Gasteiger partial charge in [-0.3, -0.25) is 0 Å². The molecule has 0 aromatic heterocycles. The van der Waals surface area contributed by atoms with Crippen LogP contribution >= 0.6 is 0 Å². The molecule has 0 aromatic rings. The molecule has 1 aliphatic heterocycles. The summed E-state index contributed by atoms with van der Waals surface area (Å²) in [5.41, 5.74) is 0. The van der Waals surface area contributed by atoms with E-state index in [1.807, 2.05) is 0 Å². The van der Waals surface area contributed by atoms with Gasteiger partial charge in [0.05, 0.1) is 0 Å². The van der Waals surface area contributed by atoms with Gasteiger partial charge in [0, 0.05) is 0 Å². The van der Waals surface area contributed by atoms with Gasteiger partial charge in [-0.1, -0.05) is 32.1 Å². The standard InChI is InChI=1S/C13H28N2/c1-2-4-7-11-15-13-9-5-8-12-14-10-6-3-1/h14-15H,1-13H2. The highest BCUT2D eigenvalue weighted by Crippen LogP contribution is 2.04. The predicted octanol–water partition coefficient (Wildman–Crippen LogP) is 2.69. The Bertz CT molecular complexity index is 67.1. The predicted molar refractivity (Wildman–Crippen MR) is 67.3 cm³/mol. The number of hydrogen-bond donors (Lipinski definition) is 2. The highest BCUT2D eigenvalue weighted by Gasteiger charge is 1.94. The first-order valence-corrected chi connectivity index (χ1v) is 6.91. The van der Waals surface area contributed by atoms with Gasteiger partial charge in [-0.25, -0.2) is 0 Å². The fourth-order valence-electron chi connectivity index (χ4n) is 2.13. The molecule has 0 spiro atoms. The SMILES string of the molecule is C1CCCCNCCCCCNCCC1. The molecule has 1 fully saturated rings. The first-order chi connectivity index (χ1) is 7.50. The fourth-order valence-corrected chi connectivity index (χ4v) is 2.13. The normalized spacial score (nSPS) is 24.0. The van der Waals surface area contributed by atoms with Gasteiger partial charge >= 0.3 is 0 Å². The second-order valence-corrected chi connectivity index (χ2v) is 4.68. The summed E-state index contributed by atoms with van der Waals surface area (Å²) in [5, 5.41) is 7.07. The molecule has 0 unspecified atom stereocenters. The van der Waals surface area contributed by atoms with E-state index in [9.17, 15) is 0 Å². The van der Waals surface area contributed by atoms with Crippen LogP contribution in [0.5, 0.6) is 0 Å². The maximum atomic E-state index is 3.53. The van der Waals surface area contributed by atoms with Gasteiger partial charge in [0.25, 0.3) is 0 Å². The minimum absolute atomic E-state index is 1.22. The third-order valence-electron chi connectivity index (χ3n) is 3.16. The van der Waals surface area contributed by atoms with E-state index in [0.29, 0.717) is 0 Å². The van der Waals surface area contributed by atoms with Crippen molar-refractivity contribution in [3.8, 4) is 0 Å². The Hall–Kier alpha value is -0.0800. The third kappa shape index (κ3) is 8.88. The Morgan fingerprint density at radius 1 is 0.333 bits per heavy atom. The molecular weight excluding hydrogens is 184 g/mol. The van der Waals surface area contributed by atoms with Crippen LogP contribution in [0.3, 0.4) is 0 Å². The Balaban J connectivity index is 2.01. The van der Waals surface area contributed by atoms with E-state index in [2.05, 4.69) is 10.6 Å². The second-order valence-electron chi connectivity index (χ2n) is 4.68. The van der Waals surface area contributed by atoms with Crippen molar-refractivity contribution >= 4 is 0 Å². The zero-order valence-corrected chi connectivity index (χ0v) is 10.2. The van der Waals surface area contributed by atoms with Crippen LogP contribution in [0.1, 0.15) is 57.8 Å². The number of nitrogens with one attached hydrogen (secondary N) is 2. The fraction of sp³-hybridized carbons (Fsp3) is 1.00. The minimum atomic E-state index is 1.22. The molecule has 0 aliphatic carbocycles. The van der Waals surface area contributed by atoms with Crippen molar-refractivity contribution in [2.24, 2.45) is 0 Å². The van der Waals surface area contributed by atoms with Crippen LogP contribution < -0.4 is 10.6 Å². The maximum Gasteiger partial charge on any atom is -0.00489 e. The molecule has 0 radical (unpaired) electrons. The Labute approximate surface area is 95.2 Å². The molecular formula is C13H28N2. The lowest BCUT2D eigenvalue weighted by Crippen LogP contribution is -2.18. The summed E-state index contributed by atoms with van der Waals surface area (Å²) in [4.78, 5) is 0. The summed E-state index contributed by atoms with van der Waals surface area (Å²) in [6.07, 6.45) is 12.5. The van der Waals surface area contributed by atoms with E-state index in [0.717, 1.165) is 0 Å². The average Bonchev–Trinajstić information content (AvgIpc) is 2.27. The van der Waals surface area contributed by atoms with Gasteiger partial charge in [-0.15, -0.1) is 0 Å². The van der Waals surface area contributed by atoms with Crippen molar-refractivity contribution in [1.29, 1.82) is 0 Å². The molecule has 2 N–H and O–H groups in total. The van der Waals surface area contributed by atoms with Crippen LogP contribution in [0, 0.1) is 0 Å². The zero-order valence-electron chi connectivity index (χ0n) is 10.2. The molecule has 2 nitrogen and oxygen atoms in total. The lowest BCUT2D eigenvalue weighted by atomic mass is 10.1. The Morgan fingerprint density at radius 2 is 0.600 bits per heavy atom. The highest BCUT2D eigenvalue weighted by molar-refractivity contribution is 4.55. The monoisotopic (exact) mass is 212 g/mol. The molecule has 15 heavy (non-hydrogen) atoms. The topological polar surface area (TPSA) is 24.1 Å². The molecule has 0 amide bonds. The first-order valence-electron chi connectivity index (χ1n) is 6.91. The summed E-state index contributed by atoms with van der Waals surface area (Å²) in [5.74, 6) is 0. The Morgan fingerprint density at radius 3 is 1.00 bits per heavy atom. The van der Waals surface area contributed by atoms with Crippen LogP contribution in [-0.4, -0.2) is 26.2 Å². The summed E-state index contributed by atoms with van der Waals surface area (Å²) in [6.45, 7) is 4.91. The molecule has 0 bridgehead atoms. The van der Waals surface area contributed by atoms with E-state index >= 15 is 0 Å². The maximum absolute atomic E-state index is 3.53. The zero-order chi connectivity index (χ0) is 10.6. The van der Waals surface area contributed by atoms with Crippen LogP contribution in [0.25, 0.3) is 0 Å². The van der Waals surface area contributed by atoms with E-state index in [4.69, 9.17) is 0 Å². The van der Waals surface area contributed by atoms with Crippen molar-refractivity contribution in [3.05, 3.63) is 0 Å². The minimum Gasteiger partial charge on any atom is -0.317 e. The van der Waals surface area contributed by atoms with Crippen molar-refractivity contribution in [3.63, 3.8) is 0 Å². The summed E-state index contributed by atoms with van der Waals surface area (Å²) in [6, 6.07) is 0. The summed E-state index contributed by atoms with van der Waals surface area (Å²) < 4.78 is 0. The van der Waals surface area contributed by atoms with Crippen molar-refractivity contribution in [2.75, 3.05) is 26.2 Å². The molecule has 1 saturated heterocycles. The van der Waals surface area contributed by atoms with E-state index < -0.39 is 0 Å². The second kappa shape index (κ2) is 10.4. The van der Waals surface area contributed by atoms with E-state index in [1.54, 1.807) is 0 Å². The van der Waals surface area contributed by atoms with Crippen LogP contribution in [-0.2, 0) is 0 Å². The molecule has 2 heteroatoms. The number of hydrogen-bond acceptors (Lipinski definition) is 2. The number of rotatable bonds is 0. The highest BCUT2D eigenvalue weighted by atomic mass is 14.8. The van der Waals surface area contributed by atoms with Gasteiger partial charge in [-0.05, 0) is 51.9 Å². The molecule has 0 atom stereocenters. The molecule has 0 aromatic carbocycles. The molecule has 1 heterocycles. The lowest BCUT2D eigenvalue weighted by molar-refractivity contribution is 0.558. The van der Waals surface area contributed by atoms with Crippen LogP contribution in [0.4, 0.5) is 0 Å². The van der Waals surface area contributed by atoms with Crippen molar-refractivity contribution < 1.29 is 0 Å². The lowest BCUT2D eigenvalue weighted by Gasteiger charge is -2.04. The van der Waals surface area contributed by atoms with Gasteiger partial charge in [0.1, 0.15) is 0 Å². The largest absolute Gasteiger partial charge is 0.317 e. The Kier molecular flexibility index (Phi) is 9.04. The molecule has 90 valence electrons. The molecule has 0 saturated carbocycles. The van der Waals surface area contributed by atoms with Crippen LogP contribution in [0.2, 0.25) is 0 Å². The average molecular weight is 212 g/mol. The summed E-state index contributed by atoms with van der Waals surface area (Å²) in [7, 11) is 0. The van der Waals surface area contributed by atoms with Crippen molar-refractivity contribution in [1.82, 2.24) is 10.6 Å². The van der Waals surface area contributed by atoms with Crippen molar-refractivity contribution in [2.45, 2.75) is 57.8 Å². The quantitative estimate of drug-likeness (QED) is 0.645. The van der Waals surface area contributed by atoms with Crippen LogP contribution in [0.15, 0.2) is 0 Å². The summed E-state index contributed by atoms with van der Waals surface area (Å²) >= 11 is 0. The first kappa shape index (κ1) is 13.0. The van der Waals surface area contributed by atoms with Gasteiger partial charge in [-0.2, -0.15) is 0 Å². The third-order valence-corrected chi connectivity index (χ3v) is 3.16. The van der Waals surface area contributed by atoms with Gasteiger partial charge < -0.3 is 10.6 Å². The van der Waals surface area contributed by atoms with E-state index in [1.165, 1.54) is 84.0 Å². The molecule has 1 rings (SSSR count). The van der Waals surface area contributed by atoms with Gasteiger partial charge in [0.15, 0.2) is 0 Å². The van der Waals surface area contributed by atoms with E-state index in [-0.39, 0.29) is 0 Å². The molecule has 1 aliphatic rings. The smallest absolute Gasteiger partial charge is 0.00489 e.